The number of halogens is 2. The van der Waals surface area contributed by atoms with Crippen molar-refractivity contribution in [3.05, 3.63) is 30.1 Å². The van der Waals surface area contributed by atoms with E-state index in [1.54, 1.807) is 6.20 Å². The average molecular weight is 372 g/mol. The summed E-state index contributed by atoms with van der Waals surface area (Å²) in [5.74, 6) is 2.22. The lowest BCUT2D eigenvalue weighted by molar-refractivity contribution is 0.145. The number of fused-ring (bicyclic) bond motifs is 1. The number of anilines is 2. The number of nitrogens with one attached hydrogen (secondary N) is 1. The standard InChI is InChI=1S/C17H18F2N8/c18-14(19)12-7-13(24-15(23-12)10-1-2-10)26-3-5-27(6-4-26)17-11-8-22-25-16(11)20-9-21-17/h7-10,14H,1-6H2,(H,20,21,22,25). The molecule has 0 unspecified atom stereocenters. The number of nitrogens with zero attached hydrogens (tertiary/aromatic N) is 7. The zero-order chi connectivity index (χ0) is 18.4. The van der Waals surface area contributed by atoms with Crippen molar-refractivity contribution in [2.24, 2.45) is 0 Å². The molecule has 1 aliphatic heterocycles. The summed E-state index contributed by atoms with van der Waals surface area (Å²) in [7, 11) is 0. The first-order chi connectivity index (χ1) is 13.2. The molecule has 27 heavy (non-hydrogen) atoms. The van der Waals surface area contributed by atoms with E-state index in [4.69, 9.17) is 0 Å². The van der Waals surface area contributed by atoms with E-state index in [9.17, 15) is 8.78 Å². The van der Waals surface area contributed by atoms with Crippen molar-refractivity contribution in [2.75, 3.05) is 36.0 Å². The maximum Gasteiger partial charge on any atom is 0.280 e. The van der Waals surface area contributed by atoms with Crippen LogP contribution in [0.1, 0.15) is 36.7 Å². The molecule has 0 amide bonds. The van der Waals surface area contributed by atoms with E-state index in [0.717, 1.165) is 24.0 Å². The summed E-state index contributed by atoms with van der Waals surface area (Å²) in [6, 6.07) is 1.42. The molecular weight excluding hydrogens is 354 g/mol. The number of rotatable bonds is 4. The molecule has 1 N–H and O–H groups in total. The van der Waals surface area contributed by atoms with Gasteiger partial charge >= 0.3 is 0 Å². The van der Waals surface area contributed by atoms with Gasteiger partial charge in [-0.3, -0.25) is 5.10 Å². The fraction of sp³-hybridized carbons (Fsp3) is 0.471. The Balaban J connectivity index is 1.37. The molecule has 3 aromatic heterocycles. The van der Waals surface area contributed by atoms with Gasteiger partial charge in [0.2, 0.25) is 0 Å². The molecule has 0 aromatic carbocycles. The summed E-state index contributed by atoms with van der Waals surface area (Å²) in [5.41, 5.74) is 0.522. The van der Waals surface area contributed by atoms with Gasteiger partial charge in [-0.15, -0.1) is 0 Å². The zero-order valence-electron chi connectivity index (χ0n) is 14.5. The molecule has 1 saturated carbocycles. The van der Waals surface area contributed by atoms with Crippen molar-refractivity contribution in [3.8, 4) is 0 Å². The molecule has 5 rings (SSSR count). The fourth-order valence-corrected chi connectivity index (χ4v) is 3.42. The quantitative estimate of drug-likeness (QED) is 0.752. The van der Waals surface area contributed by atoms with Crippen LogP contribution in [0.5, 0.6) is 0 Å². The van der Waals surface area contributed by atoms with Gasteiger partial charge in [0.15, 0.2) is 5.65 Å². The van der Waals surface area contributed by atoms with Gasteiger partial charge in [-0.25, -0.2) is 28.7 Å². The highest BCUT2D eigenvalue weighted by molar-refractivity contribution is 5.86. The second-order valence-electron chi connectivity index (χ2n) is 6.89. The summed E-state index contributed by atoms with van der Waals surface area (Å²) < 4.78 is 26.5. The van der Waals surface area contributed by atoms with E-state index >= 15 is 0 Å². The molecule has 4 heterocycles. The van der Waals surface area contributed by atoms with Crippen molar-refractivity contribution in [2.45, 2.75) is 25.2 Å². The van der Waals surface area contributed by atoms with Gasteiger partial charge < -0.3 is 9.80 Å². The fourth-order valence-electron chi connectivity index (χ4n) is 3.42. The predicted molar refractivity (Wildman–Crippen MR) is 95.1 cm³/mol. The predicted octanol–water partition coefficient (Wildman–Crippen LogP) is 2.28. The van der Waals surface area contributed by atoms with E-state index in [-0.39, 0.29) is 11.6 Å². The first kappa shape index (κ1) is 16.3. The monoisotopic (exact) mass is 372 g/mol. The average Bonchev–Trinajstić information content (AvgIpc) is 3.44. The van der Waals surface area contributed by atoms with Crippen molar-refractivity contribution >= 4 is 22.7 Å². The molecule has 3 aromatic rings. The molecule has 0 radical (unpaired) electrons. The van der Waals surface area contributed by atoms with E-state index in [1.165, 1.54) is 12.4 Å². The highest BCUT2D eigenvalue weighted by atomic mass is 19.3. The topological polar surface area (TPSA) is 86.7 Å². The Hall–Kier alpha value is -2.91. The Labute approximate surface area is 153 Å². The SMILES string of the molecule is FC(F)c1cc(N2CCN(c3ncnc4[nH]ncc34)CC2)nc(C2CC2)n1. The molecule has 8 nitrogen and oxygen atoms in total. The van der Waals surface area contributed by atoms with Gasteiger partial charge in [-0.05, 0) is 12.8 Å². The Bertz CT molecular complexity index is 942. The summed E-state index contributed by atoms with van der Waals surface area (Å²) in [4.78, 5) is 21.4. The van der Waals surface area contributed by atoms with Crippen molar-refractivity contribution < 1.29 is 8.78 Å². The minimum atomic E-state index is -2.58. The van der Waals surface area contributed by atoms with Crippen molar-refractivity contribution in [1.29, 1.82) is 0 Å². The third-order valence-electron chi connectivity index (χ3n) is 5.05. The number of alkyl halides is 2. The van der Waals surface area contributed by atoms with E-state index in [2.05, 4.69) is 35.0 Å². The molecule has 10 heteroatoms. The van der Waals surface area contributed by atoms with Crippen LogP contribution in [-0.4, -0.2) is 56.3 Å². The summed E-state index contributed by atoms with van der Waals surface area (Å²) in [6.45, 7) is 2.77. The number of hydrogen-bond acceptors (Lipinski definition) is 7. The van der Waals surface area contributed by atoms with Crippen LogP contribution in [0.3, 0.4) is 0 Å². The molecule has 140 valence electrons. The van der Waals surface area contributed by atoms with Crippen LogP contribution in [0, 0.1) is 0 Å². The number of H-pyrrole nitrogens is 1. The van der Waals surface area contributed by atoms with Crippen LogP contribution < -0.4 is 9.80 Å². The normalized spacial score (nSPS) is 17.9. The Morgan fingerprint density at radius 3 is 2.56 bits per heavy atom. The first-order valence-corrected chi connectivity index (χ1v) is 9.00. The molecule has 0 bridgehead atoms. The number of aromatic amines is 1. The maximum atomic E-state index is 13.2. The second kappa shape index (κ2) is 6.36. The van der Waals surface area contributed by atoms with E-state index < -0.39 is 6.43 Å². The largest absolute Gasteiger partial charge is 0.353 e. The number of hydrogen-bond donors (Lipinski definition) is 1. The van der Waals surface area contributed by atoms with Gasteiger partial charge in [0.25, 0.3) is 6.43 Å². The van der Waals surface area contributed by atoms with Gasteiger partial charge in [0, 0.05) is 38.2 Å². The van der Waals surface area contributed by atoms with Crippen LogP contribution in [-0.2, 0) is 0 Å². The van der Waals surface area contributed by atoms with Crippen LogP contribution in [0.2, 0.25) is 0 Å². The van der Waals surface area contributed by atoms with Crippen molar-refractivity contribution in [3.63, 3.8) is 0 Å². The summed E-state index contributed by atoms with van der Waals surface area (Å²) in [6.07, 6.45) is 2.62. The van der Waals surface area contributed by atoms with Gasteiger partial charge in [0.05, 0.1) is 11.6 Å². The lowest BCUT2D eigenvalue weighted by Crippen LogP contribution is -2.47. The van der Waals surface area contributed by atoms with Crippen LogP contribution >= 0.6 is 0 Å². The van der Waals surface area contributed by atoms with Crippen LogP contribution in [0.15, 0.2) is 18.6 Å². The van der Waals surface area contributed by atoms with Gasteiger partial charge in [-0.1, -0.05) is 0 Å². The Morgan fingerprint density at radius 2 is 1.81 bits per heavy atom. The molecule has 2 fully saturated rings. The smallest absolute Gasteiger partial charge is 0.280 e. The highest BCUT2D eigenvalue weighted by Crippen LogP contribution is 2.39. The summed E-state index contributed by atoms with van der Waals surface area (Å²) in [5, 5.41) is 7.75. The minimum Gasteiger partial charge on any atom is -0.353 e. The zero-order valence-corrected chi connectivity index (χ0v) is 14.5. The molecule has 1 saturated heterocycles. The van der Waals surface area contributed by atoms with E-state index in [1.807, 2.05) is 4.90 Å². The first-order valence-electron chi connectivity index (χ1n) is 9.00. The summed E-state index contributed by atoms with van der Waals surface area (Å²) >= 11 is 0. The molecular formula is C17H18F2N8. The van der Waals surface area contributed by atoms with Crippen LogP contribution in [0.25, 0.3) is 11.0 Å². The Kier molecular flexibility index (Phi) is 3.83. The van der Waals surface area contributed by atoms with Crippen molar-refractivity contribution in [1.82, 2.24) is 30.1 Å². The van der Waals surface area contributed by atoms with E-state index in [0.29, 0.717) is 43.5 Å². The Morgan fingerprint density at radius 1 is 1.04 bits per heavy atom. The number of aromatic nitrogens is 6. The van der Waals surface area contributed by atoms with Gasteiger partial charge in [0.1, 0.15) is 29.5 Å². The number of piperazine rings is 1. The molecule has 0 spiro atoms. The third-order valence-corrected chi connectivity index (χ3v) is 5.05. The lowest BCUT2D eigenvalue weighted by atomic mass is 10.2. The van der Waals surface area contributed by atoms with Gasteiger partial charge in [-0.2, -0.15) is 5.10 Å². The highest BCUT2D eigenvalue weighted by Gasteiger charge is 2.30. The molecule has 2 aliphatic rings. The maximum absolute atomic E-state index is 13.2. The van der Waals surface area contributed by atoms with Crippen LogP contribution in [0.4, 0.5) is 20.4 Å². The minimum absolute atomic E-state index is 0.180. The molecule has 1 aliphatic carbocycles. The lowest BCUT2D eigenvalue weighted by Gasteiger charge is -2.36. The molecule has 0 atom stereocenters. The third kappa shape index (κ3) is 3.04. The second-order valence-corrected chi connectivity index (χ2v) is 6.89.